The molecule has 1 aliphatic heterocycles. The first kappa shape index (κ1) is 16.3. The van der Waals surface area contributed by atoms with Crippen LogP contribution in [0, 0.1) is 5.41 Å². The molecule has 0 spiro atoms. The van der Waals surface area contributed by atoms with Crippen molar-refractivity contribution in [1.82, 2.24) is 5.32 Å². The fourth-order valence-electron chi connectivity index (χ4n) is 2.09. The molecule has 0 aromatic rings. The van der Waals surface area contributed by atoms with E-state index in [1.807, 2.05) is 6.26 Å². The van der Waals surface area contributed by atoms with Crippen LogP contribution in [0.25, 0.3) is 0 Å². The van der Waals surface area contributed by atoms with Crippen molar-refractivity contribution in [2.75, 3.05) is 31.8 Å². The number of carboxylic acid groups (broad SMARTS) is 1. The van der Waals surface area contributed by atoms with Crippen LogP contribution in [0.5, 0.6) is 0 Å². The summed E-state index contributed by atoms with van der Waals surface area (Å²) in [6.45, 7) is 1.21. The molecular weight excluding hydrogens is 268 g/mol. The van der Waals surface area contributed by atoms with Gasteiger partial charge in [0.15, 0.2) is 0 Å². The summed E-state index contributed by atoms with van der Waals surface area (Å²) in [6.07, 6.45) is 3.41. The number of rotatable bonds is 7. The maximum atomic E-state index is 12.3. The van der Waals surface area contributed by atoms with Crippen molar-refractivity contribution in [3.05, 3.63) is 0 Å². The smallest absolute Gasteiger partial charge is 0.326 e. The summed E-state index contributed by atoms with van der Waals surface area (Å²) in [6, 6.07) is -0.841. The fourth-order valence-corrected chi connectivity index (χ4v) is 2.56. The van der Waals surface area contributed by atoms with Gasteiger partial charge in [-0.2, -0.15) is 11.8 Å². The largest absolute Gasteiger partial charge is 0.480 e. The third kappa shape index (κ3) is 4.36. The Kier molecular flexibility index (Phi) is 6.60. The summed E-state index contributed by atoms with van der Waals surface area (Å²) in [5.74, 6) is -0.566. The zero-order chi connectivity index (χ0) is 14.3. The fraction of sp³-hybridized carbons (Fsp3) is 0.833. The lowest BCUT2D eigenvalue weighted by Gasteiger charge is -2.35. The number of thioether (sulfide) groups is 1. The molecule has 0 saturated carbocycles. The minimum Gasteiger partial charge on any atom is -0.480 e. The van der Waals surface area contributed by atoms with E-state index in [1.54, 1.807) is 11.8 Å². The van der Waals surface area contributed by atoms with Gasteiger partial charge in [-0.25, -0.2) is 4.79 Å². The Balaban J connectivity index is 2.65. The number of amides is 1. The molecular formula is C12H22N2O4S. The van der Waals surface area contributed by atoms with E-state index in [9.17, 15) is 9.59 Å². The summed E-state index contributed by atoms with van der Waals surface area (Å²) >= 11 is 1.56. The number of carbonyl (C=O) groups excluding carboxylic acids is 1. The van der Waals surface area contributed by atoms with Gasteiger partial charge in [-0.1, -0.05) is 0 Å². The Morgan fingerprint density at radius 2 is 2.11 bits per heavy atom. The lowest BCUT2D eigenvalue weighted by atomic mass is 9.79. The Morgan fingerprint density at radius 1 is 1.47 bits per heavy atom. The van der Waals surface area contributed by atoms with Crippen LogP contribution in [0.2, 0.25) is 0 Å². The monoisotopic (exact) mass is 290 g/mol. The van der Waals surface area contributed by atoms with Gasteiger partial charge in [-0.3, -0.25) is 4.79 Å². The van der Waals surface area contributed by atoms with Crippen LogP contribution in [0.3, 0.4) is 0 Å². The van der Waals surface area contributed by atoms with Crippen LogP contribution in [0.15, 0.2) is 0 Å². The van der Waals surface area contributed by atoms with Crippen LogP contribution in [-0.2, 0) is 14.3 Å². The lowest BCUT2D eigenvalue weighted by molar-refractivity contribution is -0.145. The Hall–Kier alpha value is -0.790. The van der Waals surface area contributed by atoms with Crippen LogP contribution in [0.1, 0.15) is 19.3 Å². The highest BCUT2D eigenvalue weighted by Gasteiger charge is 2.40. The van der Waals surface area contributed by atoms with Gasteiger partial charge >= 0.3 is 5.97 Å². The van der Waals surface area contributed by atoms with Crippen molar-refractivity contribution in [2.45, 2.75) is 25.3 Å². The molecule has 6 nitrogen and oxygen atoms in total. The van der Waals surface area contributed by atoms with E-state index in [1.165, 1.54) is 0 Å². The lowest BCUT2D eigenvalue weighted by Crippen LogP contribution is -2.53. The van der Waals surface area contributed by atoms with E-state index in [-0.39, 0.29) is 12.5 Å². The SMILES string of the molecule is CSCC[C@H](NC(=O)C1(CN)CCOCC1)C(=O)O. The van der Waals surface area contributed by atoms with Crippen LogP contribution in [-0.4, -0.2) is 54.8 Å². The standard InChI is InChI=1S/C12H22N2O4S/c1-19-7-2-9(10(15)16)14-11(17)12(8-13)3-5-18-6-4-12/h9H,2-8,13H2,1H3,(H,14,17)(H,15,16)/t9-/m0/s1. The van der Waals surface area contributed by atoms with Gasteiger partial charge in [-0.05, 0) is 31.3 Å². The Bertz CT molecular complexity index is 319. The summed E-state index contributed by atoms with van der Waals surface area (Å²) in [5.41, 5.74) is 5.05. The Labute approximate surface area is 117 Å². The number of nitrogens with one attached hydrogen (secondary N) is 1. The third-order valence-corrected chi connectivity index (χ3v) is 4.18. The molecule has 0 aromatic heterocycles. The molecule has 1 atom stereocenters. The molecule has 1 fully saturated rings. The maximum absolute atomic E-state index is 12.3. The molecule has 0 aromatic carbocycles. The topological polar surface area (TPSA) is 102 Å². The van der Waals surface area contributed by atoms with E-state index in [2.05, 4.69) is 5.32 Å². The first-order chi connectivity index (χ1) is 9.05. The van der Waals surface area contributed by atoms with Crippen LogP contribution < -0.4 is 11.1 Å². The first-order valence-corrected chi connectivity index (χ1v) is 7.75. The number of ether oxygens (including phenoxy) is 1. The molecule has 19 heavy (non-hydrogen) atoms. The minimum atomic E-state index is -0.998. The number of carbonyl (C=O) groups is 2. The van der Waals surface area contributed by atoms with E-state index in [4.69, 9.17) is 15.6 Å². The predicted molar refractivity (Wildman–Crippen MR) is 74.1 cm³/mol. The van der Waals surface area contributed by atoms with Gasteiger partial charge in [0, 0.05) is 19.8 Å². The van der Waals surface area contributed by atoms with Crippen LogP contribution >= 0.6 is 11.8 Å². The molecule has 1 amide bonds. The molecule has 1 heterocycles. The molecule has 1 saturated heterocycles. The van der Waals surface area contributed by atoms with Crippen molar-refractivity contribution >= 4 is 23.6 Å². The van der Waals surface area contributed by atoms with Crippen LogP contribution in [0.4, 0.5) is 0 Å². The number of carboxylic acids is 1. The summed E-state index contributed by atoms with van der Waals surface area (Å²) < 4.78 is 5.24. The number of hydrogen-bond acceptors (Lipinski definition) is 5. The molecule has 110 valence electrons. The average molecular weight is 290 g/mol. The second kappa shape index (κ2) is 7.72. The van der Waals surface area contributed by atoms with Gasteiger partial charge in [0.25, 0.3) is 0 Å². The molecule has 0 radical (unpaired) electrons. The second-order valence-corrected chi connectivity index (χ2v) is 5.73. The minimum absolute atomic E-state index is 0.219. The third-order valence-electron chi connectivity index (χ3n) is 3.54. The number of aliphatic carboxylic acids is 1. The maximum Gasteiger partial charge on any atom is 0.326 e. The summed E-state index contributed by atoms with van der Waals surface area (Å²) in [7, 11) is 0. The van der Waals surface area contributed by atoms with E-state index in [0.717, 1.165) is 0 Å². The van der Waals surface area contributed by atoms with Gasteiger partial charge < -0.3 is 20.9 Å². The van der Waals surface area contributed by atoms with E-state index >= 15 is 0 Å². The normalized spacial score (nSPS) is 19.7. The Morgan fingerprint density at radius 3 is 2.58 bits per heavy atom. The zero-order valence-corrected chi connectivity index (χ0v) is 12.0. The second-order valence-electron chi connectivity index (χ2n) is 4.74. The average Bonchev–Trinajstić information content (AvgIpc) is 2.43. The highest BCUT2D eigenvalue weighted by Crippen LogP contribution is 2.29. The predicted octanol–water partition coefficient (Wildman–Crippen LogP) is 0.0644. The van der Waals surface area contributed by atoms with Gasteiger partial charge in [-0.15, -0.1) is 0 Å². The van der Waals surface area contributed by atoms with E-state index in [0.29, 0.717) is 38.2 Å². The molecule has 1 aliphatic rings. The van der Waals surface area contributed by atoms with Crippen molar-refractivity contribution in [3.63, 3.8) is 0 Å². The molecule has 0 unspecified atom stereocenters. The van der Waals surface area contributed by atoms with Crippen molar-refractivity contribution < 1.29 is 19.4 Å². The number of hydrogen-bond donors (Lipinski definition) is 3. The molecule has 0 aliphatic carbocycles. The quantitative estimate of drug-likeness (QED) is 0.613. The molecule has 7 heteroatoms. The van der Waals surface area contributed by atoms with Crippen molar-refractivity contribution in [3.8, 4) is 0 Å². The highest BCUT2D eigenvalue weighted by atomic mass is 32.2. The number of nitrogens with two attached hydrogens (primary N) is 1. The van der Waals surface area contributed by atoms with Gasteiger partial charge in [0.05, 0.1) is 5.41 Å². The highest BCUT2D eigenvalue weighted by molar-refractivity contribution is 7.98. The summed E-state index contributed by atoms with van der Waals surface area (Å²) in [5, 5.41) is 11.7. The first-order valence-electron chi connectivity index (χ1n) is 6.36. The molecule has 0 bridgehead atoms. The van der Waals surface area contributed by atoms with E-state index < -0.39 is 17.4 Å². The molecule has 1 rings (SSSR count). The van der Waals surface area contributed by atoms with Gasteiger partial charge in [0.1, 0.15) is 6.04 Å². The molecule has 4 N–H and O–H groups in total. The van der Waals surface area contributed by atoms with Crippen molar-refractivity contribution in [1.29, 1.82) is 0 Å². The zero-order valence-electron chi connectivity index (χ0n) is 11.2. The van der Waals surface area contributed by atoms with Gasteiger partial charge in [0.2, 0.25) is 5.91 Å². The van der Waals surface area contributed by atoms with Crippen molar-refractivity contribution in [2.24, 2.45) is 11.1 Å². The summed E-state index contributed by atoms with van der Waals surface area (Å²) in [4.78, 5) is 23.4.